The van der Waals surface area contributed by atoms with E-state index in [1.54, 1.807) is 18.5 Å². The third-order valence-corrected chi connectivity index (χ3v) is 4.60. The second-order valence-corrected chi connectivity index (χ2v) is 6.71. The van der Waals surface area contributed by atoms with Crippen LogP contribution in [0, 0.1) is 5.92 Å². The number of piperidine rings is 1. The highest BCUT2D eigenvalue weighted by atomic mass is 19.4. The van der Waals surface area contributed by atoms with Crippen LogP contribution in [-0.4, -0.2) is 47.0 Å². The van der Waals surface area contributed by atoms with E-state index in [0.717, 1.165) is 31.5 Å². The van der Waals surface area contributed by atoms with Gasteiger partial charge in [0.25, 0.3) is 0 Å². The van der Waals surface area contributed by atoms with Crippen molar-refractivity contribution in [2.24, 2.45) is 5.92 Å². The van der Waals surface area contributed by atoms with Crippen LogP contribution in [0.1, 0.15) is 24.5 Å². The van der Waals surface area contributed by atoms with Crippen molar-refractivity contribution >= 4 is 11.9 Å². The van der Waals surface area contributed by atoms with E-state index in [2.05, 4.69) is 20.0 Å². The van der Waals surface area contributed by atoms with Gasteiger partial charge in [0, 0.05) is 32.0 Å². The minimum Gasteiger partial charge on any atom is -0.406 e. The Morgan fingerprint density at radius 1 is 1.28 bits per heavy atom. The monoisotopic (exact) mass is 410 g/mol. The molecule has 1 fully saturated rings. The van der Waals surface area contributed by atoms with Crippen LogP contribution in [0.2, 0.25) is 0 Å². The summed E-state index contributed by atoms with van der Waals surface area (Å²) >= 11 is 0. The van der Waals surface area contributed by atoms with Gasteiger partial charge in [0.1, 0.15) is 5.75 Å². The molecule has 0 radical (unpaired) electrons. The fourth-order valence-electron chi connectivity index (χ4n) is 3.18. The zero-order valence-corrected chi connectivity index (χ0v) is 15.5. The van der Waals surface area contributed by atoms with E-state index in [0.29, 0.717) is 18.1 Å². The average molecular weight is 410 g/mol. The first-order valence-electron chi connectivity index (χ1n) is 9.15. The molecule has 0 bridgehead atoms. The SMILES string of the molecule is O=C(NCC(O)c1ccc(OC(F)(F)F)cc1)C1CCCN(c2ncccn2)C1. The summed E-state index contributed by atoms with van der Waals surface area (Å²) in [7, 11) is 0. The summed E-state index contributed by atoms with van der Waals surface area (Å²) in [5.41, 5.74) is 0.378. The van der Waals surface area contributed by atoms with Gasteiger partial charge in [-0.1, -0.05) is 12.1 Å². The molecule has 1 saturated heterocycles. The first-order chi connectivity index (χ1) is 13.8. The molecule has 2 aromatic rings. The number of amides is 1. The van der Waals surface area contributed by atoms with Crippen LogP contribution in [0.3, 0.4) is 0 Å². The minimum absolute atomic E-state index is 0.0450. The molecule has 0 aliphatic carbocycles. The minimum atomic E-state index is -4.77. The smallest absolute Gasteiger partial charge is 0.406 e. The molecule has 0 spiro atoms. The quantitative estimate of drug-likeness (QED) is 0.761. The Labute approximate surface area is 165 Å². The number of benzene rings is 1. The Balaban J connectivity index is 1.50. The summed E-state index contributed by atoms with van der Waals surface area (Å²) in [6.07, 6.45) is -0.988. The van der Waals surface area contributed by atoms with Crippen LogP contribution < -0.4 is 15.0 Å². The normalized spacial score (nSPS) is 18.2. The van der Waals surface area contributed by atoms with Gasteiger partial charge < -0.3 is 20.1 Å². The number of anilines is 1. The van der Waals surface area contributed by atoms with Gasteiger partial charge in [0.05, 0.1) is 12.0 Å². The lowest BCUT2D eigenvalue weighted by molar-refractivity contribution is -0.274. The maximum atomic E-state index is 12.5. The predicted molar refractivity (Wildman–Crippen MR) is 98.1 cm³/mol. The third kappa shape index (κ3) is 6.05. The van der Waals surface area contributed by atoms with Gasteiger partial charge in [-0.05, 0) is 36.6 Å². The Kier molecular flexibility index (Phi) is 6.53. The summed E-state index contributed by atoms with van der Waals surface area (Å²) in [5.74, 6) is -0.252. The van der Waals surface area contributed by atoms with Gasteiger partial charge in [-0.3, -0.25) is 4.79 Å². The van der Waals surface area contributed by atoms with Crippen LogP contribution in [0.25, 0.3) is 0 Å². The van der Waals surface area contributed by atoms with Crippen molar-refractivity contribution in [3.63, 3.8) is 0 Å². The topological polar surface area (TPSA) is 87.6 Å². The molecule has 7 nitrogen and oxygen atoms in total. The molecule has 10 heteroatoms. The molecule has 1 aromatic heterocycles. The largest absolute Gasteiger partial charge is 0.573 e. The van der Waals surface area contributed by atoms with Gasteiger partial charge in [-0.2, -0.15) is 0 Å². The Hall–Kier alpha value is -2.88. The number of carbonyl (C=O) groups excluding carboxylic acids is 1. The molecular formula is C19H21F3N4O3. The molecule has 156 valence electrons. The van der Waals surface area contributed by atoms with E-state index in [1.807, 2.05) is 4.90 Å². The van der Waals surface area contributed by atoms with Crippen LogP contribution in [-0.2, 0) is 4.79 Å². The van der Waals surface area contributed by atoms with Gasteiger partial charge in [0.15, 0.2) is 0 Å². The third-order valence-electron chi connectivity index (χ3n) is 4.60. The zero-order chi connectivity index (χ0) is 20.9. The highest BCUT2D eigenvalue weighted by Gasteiger charge is 2.31. The Bertz CT molecular complexity index is 803. The van der Waals surface area contributed by atoms with E-state index in [-0.39, 0.29) is 24.1 Å². The average Bonchev–Trinajstić information content (AvgIpc) is 2.72. The number of ether oxygens (including phenoxy) is 1. The molecule has 1 aliphatic rings. The number of rotatable bonds is 6. The highest BCUT2D eigenvalue weighted by Crippen LogP contribution is 2.24. The number of hydrogen-bond acceptors (Lipinski definition) is 6. The van der Waals surface area contributed by atoms with Crippen molar-refractivity contribution in [2.45, 2.75) is 25.3 Å². The number of halogens is 3. The highest BCUT2D eigenvalue weighted by molar-refractivity contribution is 5.79. The van der Waals surface area contributed by atoms with E-state index < -0.39 is 12.5 Å². The first-order valence-corrected chi connectivity index (χ1v) is 9.15. The number of nitrogens with one attached hydrogen (secondary N) is 1. The summed E-state index contributed by atoms with van der Waals surface area (Å²) in [6.45, 7) is 1.20. The van der Waals surface area contributed by atoms with Gasteiger partial charge >= 0.3 is 6.36 Å². The van der Waals surface area contributed by atoms with Crippen molar-refractivity contribution < 1.29 is 27.8 Å². The molecule has 3 rings (SSSR count). The number of aromatic nitrogens is 2. The Morgan fingerprint density at radius 3 is 2.62 bits per heavy atom. The number of aliphatic hydroxyl groups excluding tert-OH is 1. The van der Waals surface area contributed by atoms with Crippen molar-refractivity contribution in [1.82, 2.24) is 15.3 Å². The van der Waals surface area contributed by atoms with Crippen LogP contribution in [0.5, 0.6) is 5.75 Å². The first kappa shape index (κ1) is 20.8. The van der Waals surface area contributed by atoms with Crippen LogP contribution >= 0.6 is 0 Å². The molecule has 1 aliphatic heterocycles. The lowest BCUT2D eigenvalue weighted by Crippen LogP contribution is -2.44. The molecule has 2 heterocycles. The molecule has 0 saturated carbocycles. The van der Waals surface area contributed by atoms with Crippen LogP contribution in [0.4, 0.5) is 19.1 Å². The van der Waals surface area contributed by atoms with Crippen LogP contribution in [0.15, 0.2) is 42.7 Å². The second kappa shape index (κ2) is 9.08. The number of hydrogen-bond donors (Lipinski definition) is 2. The number of alkyl halides is 3. The fraction of sp³-hybridized carbons (Fsp3) is 0.421. The van der Waals surface area contributed by atoms with Gasteiger partial charge in [-0.15, -0.1) is 13.2 Å². The molecule has 2 unspecified atom stereocenters. The van der Waals surface area contributed by atoms with E-state index in [1.165, 1.54) is 12.1 Å². The molecule has 1 amide bonds. The number of carbonyl (C=O) groups is 1. The molecule has 2 atom stereocenters. The standard InChI is InChI=1S/C19H21F3N4O3/c20-19(21,22)29-15-6-4-13(5-7-15)16(27)11-25-17(28)14-3-1-10-26(12-14)18-23-8-2-9-24-18/h2,4-9,14,16,27H,1,3,10-12H2,(H,25,28). The molecule has 2 N–H and O–H groups in total. The van der Waals surface area contributed by atoms with Gasteiger partial charge in [-0.25, -0.2) is 9.97 Å². The van der Waals surface area contributed by atoms with Crippen molar-refractivity contribution in [1.29, 1.82) is 0 Å². The van der Waals surface area contributed by atoms with Crippen molar-refractivity contribution in [2.75, 3.05) is 24.5 Å². The molecule has 1 aromatic carbocycles. The molecule has 29 heavy (non-hydrogen) atoms. The van der Waals surface area contributed by atoms with E-state index in [9.17, 15) is 23.1 Å². The Morgan fingerprint density at radius 2 is 1.97 bits per heavy atom. The van der Waals surface area contributed by atoms with E-state index in [4.69, 9.17) is 0 Å². The maximum Gasteiger partial charge on any atom is 0.573 e. The predicted octanol–water partition coefficient (Wildman–Crippen LogP) is 2.44. The van der Waals surface area contributed by atoms with Gasteiger partial charge in [0.2, 0.25) is 11.9 Å². The van der Waals surface area contributed by atoms with E-state index >= 15 is 0 Å². The number of nitrogens with zero attached hydrogens (tertiary/aromatic N) is 3. The lowest BCUT2D eigenvalue weighted by atomic mass is 9.97. The van der Waals surface area contributed by atoms with Crippen molar-refractivity contribution in [3.8, 4) is 5.75 Å². The second-order valence-electron chi connectivity index (χ2n) is 6.71. The van der Waals surface area contributed by atoms with Crippen molar-refractivity contribution in [3.05, 3.63) is 48.3 Å². The zero-order valence-electron chi connectivity index (χ0n) is 15.5. The summed E-state index contributed by atoms with van der Waals surface area (Å²) in [4.78, 5) is 22.8. The number of aliphatic hydroxyl groups is 1. The maximum absolute atomic E-state index is 12.5. The summed E-state index contributed by atoms with van der Waals surface area (Å²) < 4.78 is 40.4. The fourth-order valence-corrected chi connectivity index (χ4v) is 3.18. The summed E-state index contributed by atoms with van der Waals surface area (Å²) in [5, 5.41) is 12.9. The lowest BCUT2D eigenvalue weighted by Gasteiger charge is -2.32. The summed E-state index contributed by atoms with van der Waals surface area (Å²) in [6, 6.07) is 6.61. The molecular weight excluding hydrogens is 389 g/mol.